The number of carbonyl (C=O) groups is 1. The molecule has 0 spiro atoms. The van der Waals surface area contributed by atoms with E-state index in [9.17, 15) is 13.6 Å². The van der Waals surface area contributed by atoms with Crippen molar-refractivity contribution in [2.75, 3.05) is 12.4 Å². The van der Waals surface area contributed by atoms with Gasteiger partial charge in [0.2, 0.25) is 5.13 Å². The molecule has 0 aliphatic rings. The molecule has 0 saturated carbocycles. The highest BCUT2D eigenvalue weighted by Gasteiger charge is 2.17. The van der Waals surface area contributed by atoms with Crippen molar-refractivity contribution >= 4 is 28.6 Å². The first-order valence-corrected chi connectivity index (χ1v) is 9.54. The van der Waals surface area contributed by atoms with Gasteiger partial charge in [0.1, 0.15) is 11.4 Å². The molecule has 3 aromatic heterocycles. The Morgan fingerprint density at radius 1 is 1.20 bits per heavy atom. The normalized spacial score (nSPS) is 10.9. The molecule has 3 heterocycles. The van der Waals surface area contributed by atoms with Crippen molar-refractivity contribution in [3.63, 3.8) is 0 Å². The van der Waals surface area contributed by atoms with Gasteiger partial charge in [-0.05, 0) is 32.0 Å². The minimum Gasteiger partial charge on any atom is -0.489 e. The highest BCUT2D eigenvalue weighted by Crippen LogP contribution is 2.31. The van der Waals surface area contributed by atoms with Crippen molar-refractivity contribution in [3.05, 3.63) is 36.2 Å². The van der Waals surface area contributed by atoms with Crippen LogP contribution in [0, 0.1) is 0 Å². The van der Waals surface area contributed by atoms with E-state index in [1.807, 2.05) is 13.8 Å². The van der Waals surface area contributed by atoms with E-state index in [0.717, 1.165) is 23.8 Å². The Labute approximate surface area is 174 Å². The summed E-state index contributed by atoms with van der Waals surface area (Å²) in [6.07, 6.45) is -0.997. The molecule has 0 saturated heterocycles. The number of anilines is 2. The first-order valence-electron chi connectivity index (χ1n) is 8.77. The van der Waals surface area contributed by atoms with E-state index in [0.29, 0.717) is 22.4 Å². The minimum atomic E-state index is -2.76. The van der Waals surface area contributed by atoms with Gasteiger partial charge in [0.05, 0.1) is 12.3 Å². The van der Waals surface area contributed by atoms with E-state index < -0.39 is 12.5 Å². The smallest absolute Gasteiger partial charge is 0.412 e. The van der Waals surface area contributed by atoms with Gasteiger partial charge in [-0.25, -0.2) is 23.5 Å². The van der Waals surface area contributed by atoms with Crippen LogP contribution in [-0.4, -0.2) is 38.6 Å². The second kappa shape index (κ2) is 9.39. The van der Waals surface area contributed by atoms with Gasteiger partial charge in [-0.3, -0.25) is 0 Å². The Morgan fingerprint density at radius 2 is 2.00 bits per heavy atom. The van der Waals surface area contributed by atoms with Crippen molar-refractivity contribution in [2.45, 2.75) is 26.4 Å². The lowest BCUT2D eigenvalue weighted by Crippen LogP contribution is -2.22. The van der Waals surface area contributed by atoms with Gasteiger partial charge < -0.3 is 20.1 Å². The van der Waals surface area contributed by atoms with Crippen molar-refractivity contribution in [1.82, 2.24) is 24.6 Å². The fraction of sp³-hybridized carbons (Fsp3) is 0.278. The number of nitrogens with one attached hydrogen (secondary N) is 2. The third kappa shape index (κ3) is 5.35. The van der Waals surface area contributed by atoms with Gasteiger partial charge in [-0.15, -0.1) is 0 Å². The monoisotopic (exact) mass is 436 g/mol. The maximum absolute atomic E-state index is 13.0. The number of alkyl halides is 2. The number of aromatic nitrogens is 4. The molecule has 1 amide bonds. The van der Waals surface area contributed by atoms with Crippen molar-refractivity contribution in [3.8, 4) is 23.0 Å². The minimum absolute atomic E-state index is 0.0287. The second-order valence-corrected chi connectivity index (χ2v) is 6.90. The quantitative estimate of drug-likeness (QED) is 0.567. The van der Waals surface area contributed by atoms with Crippen LogP contribution >= 0.6 is 11.5 Å². The average Bonchev–Trinajstić information content (AvgIpc) is 3.17. The summed E-state index contributed by atoms with van der Waals surface area (Å²) in [7, 11) is 1.35. The van der Waals surface area contributed by atoms with Crippen LogP contribution in [0.4, 0.5) is 24.5 Å². The third-order valence-corrected chi connectivity index (χ3v) is 4.15. The molecule has 0 radical (unpaired) electrons. The third-order valence-electron chi connectivity index (χ3n) is 3.52. The van der Waals surface area contributed by atoms with Crippen molar-refractivity contribution < 1.29 is 23.0 Å². The number of halogens is 2. The molecule has 0 aromatic carbocycles. The zero-order valence-electron chi connectivity index (χ0n) is 16.2. The first kappa shape index (κ1) is 21.3. The number of nitrogens with zero attached hydrogens (tertiary/aromatic N) is 4. The molecule has 0 unspecified atom stereocenters. The highest BCUT2D eigenvalue weighted by atomic mass is 32.1. The lowest BCUT2D eigenvalue weighted by Gasteiger charge is -2.10. The van der Waals surface area contributed by atoms with E-state index in [-0.39, 0.29) is 23.2 Å². The number of hydrogen-bond donors (Lipinski definition) is 2. The van der Waals surface area contributed by atoms with E-state index in [2.05, 4.69) is 30.0 Å². The topological polar surface area (TPSA) is 111 Å². The molecular weight excluding hydrogens is 418 g/mol. The Balaban J connectivity index is 1.80. The first-order chi connectivity index (χ1) is 14.4. The van der Waals surface area contributed by atoms with Crippen LogP contribution in [-0.2, 0) is 0 Å². The lowest BCUT2D eigenvalue weighted by atomic mass is 10.3. The lowest BCUT2D eigenvalue weighted by molar-refractivity contribution is 0.150. The summed E-state index contributed by atoms with van der Waals surface area (Å²) >= 11 is 1.01. The number of amides is 1. The molecule has 3 aromatic rings. The van der Waals surface area contributed by atoms with Crippen LogP contribution in [0.3, 0.4) is 0 Å². The zero-order valence-corrected chi connectivity index (χ0v) is 17.0. The SMILES string of the molecule is CNC(=O)Oc1cc(C(F)F)cnc1Nc1nc(-c2ccc(OC(C)C)cn2)ns1. The van der Waals surface area contributed by atoms with Crippen LogP contribution in [0.2, 0.25) is 0 Å². The maximum Gasteiger partial charge on any atom is 0.412 e. The molecule has 0 fully saturated rings. The van der Waals surface area contributed by atoms with Gasteiger partial charge in [0.25, 0.3) is 6.43 Å². The molecule has 158 valence electrons. The average molecular weight is 436 g/mol. The maximum atomic E-state index is 13.0. The number of carbonyl (C=O) groups excluding carboxylic acids is 1. The highest BCUT2D eigenvalue weighted by molar-refractivity contribution is 7.09. The Bertz CT molecular complexity index is 1010. The van der Waals surface area contributed by atoms with Gasteiger partial charge in [-0.1, -0.05) is 0 Å². The largest absolute Gasteiger partial charge is 0.489 e. The molecule has 9 nitrogen and oxygen atoms in total. The van der Waals surface area contributed by atoms with Crippen LogP contribution in [0.1, 0.15) is 25.8 Å². The molecule has 0 atom stereocenters. The summed E-state index contributed by atoms with van der Waals surface area (Å²) in [6, 6.07) is 4.52. The molecule has 2 N–H and O–H groups in total. The summed E-state index contributed by atoms with van der Waals surface area (Å²) in [5.41, 5.74) is 0.142. The summed E-state index contributed by atoms with van der Waals surface area (Å²) < 4.78 is 40.7. The van der Waals surface area contributed by atoms with Crippen LogP contribution in [0.5, 0.6) is 11.5 Å². The molecular formula is C18H18F2N6O3S. The van der Waals surface area contributed by atoms with Crippen molar-refractivity contribution in [2.24, 2.45) is 0 Å². The molecule has 0 aliphatic heterocycles. The molecule has 30 heavy (non-hydrogen) atoms. The van der Waals surface area contributed by atoms with Gasteiger partial charge in [-0.2, -0.15) is 9.36 Å². The van der Waals surface area contributed by atoms with Crippen molar-refractivity contribution in [1.29, 1.82) is 0 Å². The Kier molecular flexibility index (Phi) is 6.67. The van der Waals surface area contributed by atoms with E-state index in [1.165, 1.54) is 7.05 Å². The standard InChI is InChI=1S/C18H18F2N6O3S/c1-9(2)28-11-4-5-12(22-8-11)15-24-17(30-26-15)25-16-13(29-18(27)21-3)6-10(7-23-16)14(19)20/h4-9,14H,1-3H3,(H,21,27)(H,23,24,25,26). The molecule has 3 rings (SSSR count). The van der Waals surface area contributed by atoms with E-state index in [1.54, 1.807) is 18.3 Å². The number of pyridine rings is 2. The Morgan fingerprint density at radius 3 is 2.63 bits per heavy atom. The predicted octanol–water partition coefficient (Wildman–Crippen LogP) is 4.18. The van der Waals surface area contributed by atoms with Crippen LogP contribution < -0.4 is 20.1 Å². The van der Waals surface area contributed by atoms with E-state index in [4.69, 9.17) is 9.47 Å². The fourth-order valence-corrected chi connectivity index (χ4v) is 2.81. The van der Waals surface area contributed by atoms with Gasteiger partial charge in [0.15, 0.2) is 17.4 Å². The zero-order chi connectivity index (χ0) is 21.7. The summed E-state index contributed by atoms with van der Waals surface area (Å²) in [6.45, 7) is 3.83. The second-order valence-electron chi connectivity index (χ2n) is 6.15. The predicted molar refractivity (Wildman–Crippen MR) is 106 cm³/mol. The summed E-state index contributed by atoms with van der Waals surface area (Å²) in [5.74, 6) is 0.856. The van der Waals surface area contributed by atoms with Gasteiger partial charge in [0, 0.05) is 30.3 Å². The summed E-state index contributed by atoms with van der Waals surface area (Å²) in [4.78, 5) is 24.0. The van der Waals surface area contributed by atoms with Crippen LogP contribution in [0.25, 0.3) is 11.5 Å². The number of ether oxygens (including phenoxy) is 2. The van der Waals surface area contributed by atoms with Crippen LogP contribution in [0.15, 0.2) is 30.6 Å². The number of hydrogen-bond acceptors (Lipinski definition) is 9. The molecule has 12 heteroatoms. The molecule has 0 bridgehead atoms. The molecule has 0 aliphatic carbocycles. The Hall–Kier alpha value is -3.41. The summed E-state index contributed by atoms with van der Waals surface area (Å²) in [5, 5.41) is 5.39. The van der Waals surface area contributed by atoms with E-state index >= 15 is 0 Å². The number of rotatable bonds is 7. The van der Waals surface area contributed by atoms with Gasteiger partial charge >= 0.3 is 6.09 Å². The fourth-order valence-electron chi connectivity index (χ4n) is 2.24.